The van der Waals surface area contributed by atoms with Gasteiger partial charge >= 0.3 is 5.97 Å². The first-order chi connectivity index (χ1) is 6.93. The van der Waals surface area contributed by atoms with E-state index in [1.807, 2.05) is 6.92 Å². The summed E-state index contributed by atoms with van der Waals surface area (Å²) in [6.45, 7) is 9.09. The third-order valence-corrected chi connectivity index (χ3v) is 1.67. The predicted molar refractivity (Wildman–Crippen MR) is 55.8 cm³/mol. The van der Waals surface area contributed by atoms with Gasteiger partial charge in [0.2, 0.25) is 5.79 Å². The summed E-state index contributed by atoms with van der Waals surface area (Å²) in [4.78, 5) is 11.2. The highest BCUT2D eigenvalue weighted by molar-refractivity contribution is 5.92. The number of ether oxygens (including phenoxy) is 2. The van der Waals surface area contributed by atoms with Crippen LogP contribution in [0.15, 0.2) is 12.2 Å². The van der Waals surface area contributed by atoms with Crippen LogP contribution in [0.25, 0.3) is 0 Å². The fourth-order valence-corrected chi connectivity index (χ4v) is 0.822. The van der Waals surface area contributed by atoms with Crippen LogP contribution in [0, 0.1) is 11.3 Å². The van der Waals surface area contributed by atoms with Crippen LogP contribution in [0.1, 0.15) is 33.6 Å². The van der Waals surface area contributed by atoms with E-state index in [0.717, 1.165) is 12.8 Å². The second kappa shape index (κ2) is 6.20. The lowest BCUT2D eigenvalue weighted by atomic mass is 10.3. The van der Waals surface area contributed by atoms with Crippen LogP contribution in [-0.2, 0) is 14.3 Å². The van der Waals surface area contributed by atoms with E-state index in [1.54, 1.807) is 19.9 Å². The number of unbranched alkanes of at least 4 members (excludes halogenated alkanes) is 1. The van der Waals surface area contributed by atoms with Gasteiger partial charge in [0, 0.05) is 13.8 Å². The van der Waals surface area contributed by atoms with E-state index >= 15 is 0 Å². The molecule has 0 rings (SSSR count). The second-order valence-electron chi connectivity index (χ2n) is 3.58. The summed E-state index contributed by atoms with van der Waals surface area (Å²) in [6.07, 6.45) is 1.91. The Kier molecular flexibility index (Phi) is 5.65. The lowest BCUT2D eigenvalue weighted by Crippen LogP contribution is -2.32. The van der Waals surface area contributed by atoms with Crippen LogP contribution in [0.4, 0.5) is 0 Å². The Bertz CT molecular complexity index is 276. The molecule has 0 atom stereocenters. The van der Waals surface area contributed by atoms with Gasteiger partial charge < -0.3 is 9.47 Å². The number of rotatable bonds is 6. The van der Waals surface area contributed by atoms with Gasteiger partial charge in [0.15, 0.2) is 0 Å². The quantitative estimate of drug-likeness (QED) is 0.222. The molecule has 0 amide bonds. The zero-order valence-electron chi connectivity index (χ0n) is 9.50. The van der Waals surface area contributed by atoms with Crippen molar-refractivity contribution in [3.05, 3.63) is 12.2 Å². The molecule has 0 aliphatic rings. The molecule has 15 heavy (non-hydrogen) atoms. The minimum Gasteiger partial charge on any atom is -0.430 e. The molecule has 0 saturated heterocycles. The predicted octanol–water partition coefficient (Wildman–Crippen LogP) is 2.16. The Hall–Kier alpha value is -1.34. The van der Waals surface area contributed by atoms with Gasteiger partial charge in [0.05, 0.1) is 6.61 Å². The van der Waals surface area contributed by atoms with E-state index in [0.29, 0.717) is 6.61 Å². The highest BCUT2D eigenvalue weighted by atomic mass is 16.7. The van der Waals surface area contributed by atoms with Crippen molar-refractivity contribution in [2.75, 3.05) is 6.61 Å². The van der Waals surface area contributed by atoms with Crippen molar-refractivity contribution < 1.29 is 14.3 Å². The monoisotopic (exact) mass is 211 g/mol. The fraction of sp³-hybridized carbons (Fsp3) is 0.636. The molecular formula is C11H17NO3. The smallest absolute Gasteiger partial charge is 0.350 e. The Morgan fingerprint density at radius 2 is 2.13 bits per heavy atom. The van der Waals surface area contributed by atoms with Crippen molar-refractivity contribution in [3.63, 3.8) is 0 Å². The van der Waals surface area contributed by atoms with E-state index in [1.165, 1.54) is 0 Å². The molecule has 0 fully saturated rings. The van der Waals surface area contributed by atoms with Crippen molar-refractivity contribution >= 4 is 5.97 Å². The van der Waals surface area contributed by atoms with Gasteiger partial charge in [0.1, 0.15) is 11.6 Å². The zero-order valence-corrected chi connectivity index (χ0v) is 9.50. The summed E-state index contributed by atoms with van der Waals surface area (Å²) >= 11 is 0. The summed E-state index contributed by atoms with van der Waals surface area (Å²) in [5, 5.41) is 8.42. The maximum absolute atomic E-state index is 11.2. The van der Waals surface area contributed by atoms with Crippen LogP contribution >= 0.6 is 0 Å². The molecule has 4 heteroatoms. The standard InChI is InChI=1S/C11H17NO3/c1-5-6-7-14-11(3,4)15-10(13)9(2)8-12/h2,5-7H2,1,3-4H3. The molecule has 0 N–H and O–H groups in total. The Labute approximate surface area is 90.5 Å². The number of carbonyl (C=O) groups excluding carboxylic acids is 1. The zero-order chi connectivity index (χ0) is 11.9. The van der Waals surface area contributed by atoms with Gasteiger partial charge in [-0.1, -0.05) is 19.9 Å². The maximum atomic E-state index is 11.2. The third kappa shape index (κ3) is 5.87. The molecular weight excluding hydrogens is 194 g/mol. The number of hydrogen-bond acceptors (Lipinski definition) is 4. The maximum Gasteiger partial charge on any atom is 0.350 e. The van der Waals surface area contributed by atoms with Crippen molar-refractivity contribution in [2.24, 2.45) is 0 Å². The lowest BCUT2D eigenvalue weighted by molar-refractivity contribution is -0.211. The molecule has 0 aromatic carbocycles. The van der Waals surface area contributed by atoms with Crippen molar-refractivity contribution in [3.8, 4) is 6.07 Å². The van der Waals surface area contributed by atoms with Crippen LogP contribution < -0.4 is 0 Å². The van der Waals surface area contributed by atoms with Crippen LogP contribution in [-0.4, -0.2) is 18.4 Å². The molecule has 0 bridgehead atoms. The van der Waals surface area contributed by atoms with Gasteiger partial charge in [-0.3, -0.25) is 0 Å². The topological polar surface area (TPSA) is 59.3 Å². The van der Waals surface area contributed by atoms with E-state index < -0.39 is 11.8 Å². The fourth-order valence-electron chi connectivity index (χ4n) is 0.822. The lowest BCUT2D eigenvalue weighted by Gasteiger charge is -2.24. The van der Waals surface area contributed by atoms with Crippen LogP contribution in [0.3, 0.4) is 0 Å². The van der Waals surface area contributed by atoms with E-state index in [4.69, 9.17) is 14.7 Å². The molecule has 0 spiro atoms. The number of carbonyl (C=O) groups is 1. The summed E-state index contributed by atoms with van der Waals surface area (Å²) in [7, 11) is 0. The molecule has 4 nitrogen and oxygen atoms in total. The van der Waals surface area contributed by atoms with Crippen LogP contribution in [0.5, 0.6) is 0 Å². The minimum absolute atomic E-state index is 0.220. The Morgan fingerprint density at radius 1 is 1.53 bits per heavy atom. The highest BCUT2D eigenvalue weighted by Gasteiger charge is 2.24. The van der Waals surface area contributed by atoms with Gasteiger partial charge in [-0.15, -0.1) is 0 Å². The van der Waals surface area contributed by atoms with Gasteiger partial charge in [0.25, 0.3) is 0 Å². The van der Waals surface area contributed by atoms with Crippen molar-refractivity contribution in [1.82, 2.24) is 0 Å². The number of esters is 1. The molecule has 0 saturated carbocycles. The Balaban J connectivity index is 4.08. The normalized spacial score (nSPS) is 10.5. The van der Waals surface area contributed by atoms with Crippen molar-refractivity contribution in [1.29, 1.82) is 5.26 Å². The second-order valence-corrected chi connectivity index (χ2v) is 3.58. The first-order valence-electron chi connectivity index (χ1n) is 4.89. The molecule has 0 radical (unpaired) electrons. The SMILES string of the molecule is C=C(C#N)C(=O)OC(C)(C)OCCCC. The average Bonchev–Trinajstić information content (AvgIpc) is 2.16. The number of nitriles is 1. The minimum atomic E-state index is -1.01. The first kappa shape index (κ1) is 13.7. The van der Waals surface area contributed by atoms with E-state index in [-0.39, 0.29) is 5.57 Å². The van der Waals surface area contributed by atoms with Gasteiger partial charge in [-0.25, -0.2) is 4.79 Å². The molecule has 0 heterocycles. The molecule has 84 valence electrons. The number of hydrogen-bond donors (Lipinski definition) is 0. The molecule has 0 aromatic rings. The average molecular weight is 211 g/mol. The van der Waals surface area contributed by atoms with E-state index in [9.17, 15) is 4.79 Å². The largest absolute Gasteiger partial charge is 0.430 e. The molecule has 0 aliphatic carbocycles. The van der Waals surface area contributed by atoms with Gasteiger partial charge in [-0.05, 0) is 6.42 Å². The van der Waals surface area contributed by atoms with E-state index in [2.05, 4.69) is 6.58 Å². The van der Waals surface area contributed by atoms with Gasteiger partial charge in [-0.2, -0.15) is 5.26 Å². The summed E-state index contributed by atoms with van der Waals surface area (Å²) < 4.78 is 10.3. The van der Waals surface area contributed by atoms with Crippen LogP contribution in [0.2, 0.25) is 0 Å². The van der Waals surface area contributed by atoms with Crippen molar-refractivity contribution in [2.45, 2.75) is 39.4 Å². The highest BCUT2D eigenvalue weighted by Crippen LogP contribution is 2.14. The first-order valence-corrected chi connectivity index (χ1v) is 4.89. The Morgan fingerprint density at radius 3 is 2.60 bits per heavy atom. The summed E-state index contributed by atoms with van der Waals surface area (Å²) in [6, 6.07) is 1.63. The summed E-state index contributed by atoms with van der Waals surface area (Å²) in [5.41, 5.74) is -0.220. The molecule has 0 aliphatic heterocycles. The molecule has 0 unspecified atom stereocenters. The summed E-state index contributed by atoms with van der Waals surface area (Å²) in [5.74, 6) is -1.74. The molecule has 0 aromatic heterocycles. The number of nitrogens with zero attached hydrogens (tertiary/aromatic N) is 1. The third-order valence-electron chi connectivity index (χ3n) is 1.67.